The summed E-state index contributed by atoms with van der Waals surface area (Å²) in [6.45, 7) is 2.52. The lowest BCUT2D eigenvalue weighted by atomic mass is 10.2. The van der Waals surface area contributed by atoms with Gasteiger partial charge in [-0.05, 0) is 24.6 Å². The third-order valence-electron chi connectivity index (χ3n) is 1.99. The summed E-state index contributed by atoms with van der Waals surface area (Å²) in [5.74, 6) is 0. The van der Waals surface area contributed by atoms with Crippen molar-refractivity contribution in [2.45, 2.75) is 13.3 Å². The maximum Gasteiger partial charge on any atom is 0.319 e. The third-order valence-corrected chi connectivity index (χ3v) is 1.99. The number of amides is 2. The average Bonchev–Trinajstić information content (AvgIpc) is 2.11. The summed E-state index contributed by atoms with van der Waals surface area (Å²) in [4.78, 5) is 12.6. The Morgan fingerprint density at radius 3 is 2.20 bits per heavy atom. The Bertz CT molecular complexity index is 344. The molecule has 0 atom stereocenters. The molecule has 1 aromatic rings. The van der Waals surface area contributed by atoms with Gasteiger partial charge in [-0.25, -0.2) is 4.79 Å². The largest absolute Gasteiger partial charge is 0.399 e. The summed E-state index contributed by atoms with van der Waals surface area (Å²) in [5, 5.41) is 0. The third kappa shape index (κ3) is 2.77. The van der Waals surface area contributed by atoms with Crippen molar-refractivity contribution < 1.29 is 4.79 Å². The van der Waals surface area contributed by atoms with Gasteiger partial charge in [-0.15, -0.1) is 0 Å². The van der Waals surface area contributed by atoms with Gasteiger partial charge in [0.25, 0.3) is 0 Å². The van der Waals surface area contributed by atoms with Crippen LogP contribution in [0, 0.1) is 0 Å². The summed E-state index contributed by atoms with van der Waals surface area (Å²) in [6, 6.07) is 4.49. The van der Waals surface area contributed by atoms with Crippen molar-refractivity contribution in [3.63, 3.8) is 0 Å². The summed E-state index contributed by atoms with van der Waals surface area (Å²) < 4.78 is 0. The zero-order chi connectivity index (χ0) is 11.4. The molecule has 2 amide bonds. The van der Waals surface area contributed by atoms with Crippen molar-refractivity contribution in [3.05, 3.63) is 18.2 Å². The molecular weight excluding hydrogens is 192 g/mol. The van der Waals surface area contributed by atoms with Gasteiger partial charge in [0.1, 0.15) is 0 Å². The van der Waals surface area contributed by atoms with Crippen LogP contribution in [0.3, 0.4) is 0 Å². The van der Waals surface area contributed by atoms with Crippen molar-refractivity contribution in [1.82, 2.24) is 0 Å². The van der Waals surface area contributed by atoms with Crippen molar-refractivity contribution in [1.29, 1.82) is 0 Å². The van der Waals surface area contributed by atoms with Gasteiger partial charge >= 0.3 is 6.03 Å². The summed E-state index contributed by atoms with van der Waals surface area (Å²) in [5.41, 5.74) is 18.2. The van der Waals surface area contributed by atoms with E-state index >= 15 is 0 Å². The molecule has 15 heavy (non-hydrogen) atoms. The van der Waals surface area contributed by atoms with Crippen LogP contribution in [-0.2, 0) is 0 Å². The first-order valence-electron chi connectivity index (χ1n) is 4.77. The quantitative estimate of drug-likeness (QED) is 0.649. The molecular formula is C10H16N4O. The van der Waals surface area contributed by atoms with Crippen LogP contribution in [0.2, 0.25) is 0 Å². The van der Waals surface area contributed by atoms with Gasteiger partial charge in [0, 0.05) is 23.6 Å². The molecule has 0 unspecified atom stereocenters. The van der Waals surface area contributed by atoms with Gasteiger partial charge in [0.15, 0.2) is 0 Å². The zero-order valence-electron chi connectivity index (χ0n) is 8.73. The molecule has 0 aliphatic carbocycles. The lowest BCUT2D eigenvalue weighted by Gasteiger charge is -2.20. The number of primary amides is 1. The highest BCUT2D eigenvalue weighted by Crippen LogP contribution is 2.22. The van der Waals surface area contributed by atoms with E-state index < -0.39 is 6.03 Å². The van der Waals surface area contributed by atoms with Crippen LogP contribution in [0.4, 0.5) is 21.9 Å². The average molecular weight is 208 g/mol. The number of carbonyl (C=O) groups is 1. The van der Waals surface area contributed by atoms with Gasteiger partial charge in [-0.3, -0.25) is 4.90 Å². The van der Waals surface area contributed by atoms with Crippen molar-refractivity contribution in [2.75, 3.05) is 22.9 Å². The summed E-state index contributed by atoms with van der Waals surface area (Å²) in [6.07, 6.45) is 0.817. The number of benzene rings is 1. The molecule has 0 spiro atoms. The van der Waals surface area contributed by atoms with Gasteiger partial charge in [0.2, 0.25) is 0 Å². The number of anilines is 3. The van der Waals surface area contributed by atoms with E-state index in [2.05, 4.69) is 0 Å². The fourth-order valence-corrected chi connectivity index (χ4v) is 1.40. The van der Waals surface area contributed by atoms with Crippen LogP contribution in [0.5, 0.6) is 0 Å². The number of carbonyl (C=O) groups excluding carboxylic acids is 1. The van der Waals surface area contributed by atoms with Crippen LogP contribution in [0.1, 0.15) is 13.3 Å². The Labute approximate surface area is 88.8 Å². The lowest BCUT2D eigenvalue weighted by Crippen LogP contribution is -2.36. The first-order chi connectivity index (χ1) is 7.04. The molecule has 0 aliphatic heterocycles. The Morgan fingerprint density at radius 2 is 1.80 bits per heavy atom. The molecule has 6 N–H and O–H groups in total. The van der Waals surface area contributed by atoms with E-state index in [1.54, 1.807) is 18.2 Å². The number of urea groups is 1. The van der Waals surface area contributed by atoms with E-state index in [1.165, 1.54) is 4.90 Å². The first-order valence-corrected chi connectivity index (χ1v) is 4.77. The summed E-state index contributed by atoms with van der Waals surface area (Å²) in [7, 11) is 0. The van der Waals surface area contributed by atoms with Crippen molar-refractivity contribution in [3.8, 4) is 0 Å². The molecule has 0 bridgehead atoms. The molecule has 5 heteroatoms. The minimum atomic E-state index is -0.498. The molecule has 0 aliphatic rings. The van der Waals surface area contributed by atoms with E-state index in [1.807, 2.05) is 6.92 Å². The van der Waals surface area contributed by atoms with E-state index in [0.717, 1.165) is 6.42 Å². The Morgan fingerprint density at radius 1 is 1.27 bits per heavy atom. The van der Waals surface area contributed by atoms with E-state index in [4.69, 9.17) is 17.2 Å². The smallest absolute Gasteiger partial charge is 0.319 e. The number of nitrogens with zero attached hydrogens (tertiary/aromatic N) is 1. The van der Waals surface area contributed by atoms with Crippen LogP contribution < -0.4 is 22.1 Å². The first kappa shape index (κ1) is 11.2. The molecule has 0 aromatic heterocycles. The second-order valence-corrected chi connectivity index (χ2v) is 3.35. The van der Waals surface area contributed by atoms with Gasteiger partial charge in [0.05, 0.1) is 0 Å². The van der Waals surface area contributed by atoms with Crippen LogP contribution in [-0.4, -0.2) is 12.6 Å². The topological polar surface area (TPSA) is 98.4 Å². The second kappa shape index (κ2) is 4.54. The number of hydrogen-bond acceptors (Lipinski definition) is 3. The fraction of sp³-hybridized carbons (Fsp3) is 0.300. The maximum atomic E-state index is 11.2. The lowest BCUT2D eigenvalue weighted by molar-refractivity contribution is 0.254. The number of nitrogens with two attached hydrogens (primary N) is 3. The number of nitrogen functional groups attached to an aromatic ring is 2. The maximum absolute atomic E-state index is 11.2. The van der Waals surface area contributed by atoms with E-state index in [-0.39, 0.29) is 0 Å². The van der Waals surface area contributed by atoms with Crippen LogP contribution in [0.25, 0.3) is 0 Å². The molecule has 0 saturated heterocycles. The van der Waals surface area contributed by atoms with Crippen LogP contribution in [0.15, 0.2) is 18.2 Å². The summed E-state index contributed by atoms with van der Waals surface area (Å²) >= 11 is 0. The minimum Gasteiger partial charge on any atom is -0.399 e. The zero-order valence-corrected chi connectivity index (χ0v) is 8.73. The molecule has 1 rings (SSSR count). The Hall–Kier alpha value is -1.91. The predicted octanol–water partition coefficient (Wildman–Crippen LogP) is 1.15. The van der Waals surface area contributed by atoms with Gasteiger partial charge < -0.3 is 17.2 Å². The predicted molar refractivity (Wildman–Crippen MR) is 62.5 cm³/mol. The normalized spacial score (nSPS) is 9.93. The van der Waals surface area contributed by atoms with E-state index in [0.29, 0.717) is 23.6 Å². The minimum absolute atomic E-state index is 0.498. The SMILES string of the molecule is CCCN(C(N)=O)c1cc(N)cc(N)c1. The van der Waals surface area contributed by atoms with Crippen LogP contribution >= 0.6 is 0 Å². The van der Waals surface area contributed by atoms with Gasteiger partial charge in [-0.1, -0.05) is 6.92 Å². The Kier molecular flexibility index (Phi) is 3.38. The van der Waals surface area contributed by atoms with Gasteiger partial charge in [-0.2, -0.15) is 0 Å². The molecule has 0 fully saturated rings. The molecule has 0 saturated carbocycles. The van der Waals surface area contributed by atoms with Crippen molar-refractivity contribution >= 4 is 23.1 Å². The molecule has 5 nitrogen and oxygen atoms in total. The highest BCUT2D eigenvalue weighted by atomic mass is 16.2. The molecule has 0 heterocycles. The van der Waals surface area contributed by atoms with Crippen molar-refractivity contribution in [2.24, 2.45) is 5.73 Å². The molecule has 0 radical (unpaired) electrons. The molecule has 82 valence electrons. The fourth-order valence-electron chi connectivity index (χ4n) is 1.40. The highest BCUT2D eigenvalue weighted by molar-refractivity contribution is 5.91. The monoisotopic (exact) mass is 208 g/mol. The highest BCUT2D eigenvalue weighted by Gasteiger charge is 2.11. The second-order valence-electron chi connectivity index (χ2n) is 3.35. The molecule has 1 aromatic carbocycles. The van der Waals surface area contributed by atoms with E-state index in [9.17, 15) is 4.79 Å². The number of rotatable bonds is 3. The number of hydrogen-bond donors (Lipinski definition) is 3. The standard InChI is InChI=1S/C10H16N4O/c1-2-3-14(10(13)15)9-5-7(11)4-8(12)6-9/h4-6H,2-3,11-12H2,1H3,(H2,13,15). The Balaban J connectivity index is 3.05.